The zero-order valence-electron chi connectivity index (χ0n) is 14.8. The van der Waals surface area contributed by atoms with Crippen LogP contribution in [-0.2, 0) is 18.0 Å². The summed E-state index contributed by atoms with van der Waals surface area (Å²) < 4.78 is 29.7. The van der Waals surface area contributed by atoms with Crippen molar-refractivity contribution < 1.29 is 312 Å². The van der Waals surface area contributed by atoms with Gasteiger partial charge in [0.25, 0.3) is 0 Å². The van der Waals surface area contributed by atoms with Crippen LogP contribution in [0.25, 0.3) is 0 Å². The summed E-state index contributed by atoms with van der Waals surface area (Å²) in [6.07, 6.45) is 0. The van der Waals surface area contributed by atoms with Crippen molar-refractivity contribution in [2.45, 2.75) is 0 Å². The monoisotopic (exact) mass is 470 g/mol. The number of phosphoric acid groups is 3. The normalized spacial score (nSPS) is 8.32. The van der Waals surface area contributed by atoms with E-state index in [-0.39, 0.29) is 260 Å². The molecule has 0 unspecified atom stereocenters. The van der Waals surface area contributed by atoms with E-state index in [0.29, 0.717) is 0 Å². The molecule has 0 heterocycles. The molecule has 0 atom stereocenters. The largest absolute Gasteiger partial charge is 1.00 e. The Kier molecular flexibility index (Phi) is 92.6. The molecule has 0 aliphatic rings. The van der Waals surface area contributed by atoms with E-state index in [1.54, 1.807) is 0 Å². The molecular formula is HKNa7O11P3. The zero-order valence-corrected chi connectivity index (χ0v) is 33.6. The quantitative estimate of drug-likeness (QED) is 0.272. The van der Waals surface area contributed by atoms with E-state index in [4.69, 9.17) is 19.2 Å². The topological polar surface area (TPSA) is 222 Å². The van der Waals surface area contributed by atoms with E-state index in [9.17, 15) is 28.7 Å². The average molecular weight is 470 g/mol. The van der Waals surface area contributed by atoms with Crippen molar-refractivity contribution in [3.8, 4) is 0 Å². The van der Waals surface area contributed by atoms with Gasteiger partial charge in [-0.25, -0.2) is 0 Å². The van der Waals surface area contributed by atoms with Crippen molar-refractivity contribution in [3.05, 3.63) is 0 Å². The average Bonchev–Trinajstić information content (AvgIpc) is 1.42. The third-order valence-corrected chi connectivity index (χ3v) is 1.80. The Bertz CT molecular complexity index is 284. The molecule has 0 aromatic carbocycles. The first-order chi connectivity index (χ1) is 5.71. The van der Waals surface area contributed by atoms with Crippen LogP contribution < -0.4 is 293 Å². The molecule has 0 aliphatic heterocycles. The molecule has 0 aliphatic carbocycles. The number of rotatable bonds is 2. The van der Waals surface area contributed by atoms with Crippen molar-refractivity contribution in [1.29, 1.82) is 0 Å². The third-order valence-electron chi connectivity index (χ3n) is 0.200. The van der Waals surface area contributed by atoms with Gasteiger partial charge in [-0.15, -0.1) is 0 Å². The van der Waals surface area contributed by atoms with Crippen LogP contribution in [0.4, 0.5) is 0 Å². The Balaban J connectivity index is -0.0000000106. The van der Waals surface area contributed by atoms with Crippen molar-refractivity contribution in [2.75, 3.05) is 0 Å². The summed E-state index contributed by atoms with van der Waals surface area (Å²) >= 11 is 0. The Morgan fingerprint density at radius 2 is 0.636 bits per heavy atom. The van der Waals surface area contributed by atoms with Gasteiger partial charge in [0.2, 0.25) is 0 Å². The van der Waals surface area contributed by atoms with Crippen molar-refractivity contribution >= 4 is 23.5 Å². The fourth-order valence-corrected chi connectivity index (χ4v) is 1.10. The van der Waals surface area contributed by atoms with Gasteiger partial charge in [0.15, 0.2) is 0 Å². The van der Waals surface area contributed by atoms with Gasteiger partial charge in [0, 0.05) is 0 Å². The van der Waals surface area contributed by atoms with Gasteiger partial charge >= 0.3 is 258 Å². The van der Waals surface area contributed by atoms with Gasteiger partial charge in [-0.05, 0) is 0 Å². The van der Waals surface area contributed by atoms with Gasteiger partial charge in [-0.1, -0.05) is 0 Å². The summed E-state index contributed by atoms with van der Waals surface area (Å²) in [4.78, 5) is 62.9. The molecular weight excluding hydrogens is 469 g/mol. The molecule has 0 saturated carbocycles. The molecule has 22 heteroatoms. The van der Waals surface area contributed by atoms with E-state index in [2.05, 4.69) is 4.31 Å². The first-order valence-electron chi connectivity index (χ1n) is 2.19. The molecule has 0 radical (unpaired) electrons. The van der Waals surface area contributed by atoms with E-state index >= 15 is 0 Å². The van der Waals surface area contributed by atoms with Gasteiger partial charge < -0.3 is 53.7 Å². The number of hydrogen-bond acceptors (Lipinski definition) is 11. The summed E-state index contributed by atoms with van der Waals surface area (Å²) in [5.74, 6) is 0. The summed E-state index contributed by atoms with van der Waals surface area (Å²) in [5.41, 5.74) is 0. The first kappa shape index (κ1) is 63.3. The summed E-state index contributed by atoms with van der Waals surface area (Å²) in [5, 5.41) is 0. The van der Waals surface area contributed by atoms with Gasteiger partial charge in [-0.3, -0.25) is 0 Å². The Morgan fingerprint density at radius 1 is 0.545 bits per heavy atom. The standard InChI is InChI=1S/K.7Na.H4O7P2.H3O4P.H/c;;;;;;;;1-8(2,3)7-9(4,5)6;1-5(2,3)4;/h;;;;;;;;(H2,1,2,3)(H2,4,5,6);(H3,1,2,3,4);/q8*+1;;;-1/p-7. The van der Waals surface area contributed by atoms with E-state index in [1.165, 1.54) is 0 Å². The van der Waals surface area contributed by atoms with Crippen LogP contribution in [0.2, 0.25) is 0 Å². The van der Waals surface area contributed by atoms with Crippen LogP contribution in [0.1, 0.15) is 1.43 Å². The molecule has 0 aromatic rings. The molecule has 22 heavy (non-hydrogen) atoms. The molecule has 0 spiro atoms. The molecule has 0 amide bonds. The van der Waals surface area contributed by atoms with Crippen LogP contribution in [0.15, 0.2) is 0 Å². The van der Waals surface area contributed by atoms with Gasteiger partial charge in [-0.2, -0.15) is 7.82 Å². The fourth-order valence-electron chi connectivity index (χ4n) is 0.122. The molecule has 0 fully saturated rings. The van der Waals surface area contributed by atoms with E-state index in [0.717, 1.165) is 0 Å². The van der Waals surface area contributed by atoms with E-state index in [1.807, 2.05) is 0 Å². The second-order valence-corrected chi connectivity index (χ2v) is 4.76. The summed E-state index contributed by atoms with van der Waals surface area (Å²) in [7, 11) is -16.7. The zero-order chi connectivity index (χ0) is 12.2. The third kappa shape index (κ3) is 101. The Morgan fingerprint density at radius 3 is 0.636 bits per heavy atom. The molecule has 90 valence electrons. The van der Waals surface area contributed by atoms with Gasteiger partial charge in [0.05, 0.1) is 15.6 Å². The SMILES string of the molecule is O=P([O-])([O-])OP(=O)([O-])[O-].O=P([O-])([O-])[O-].[H-].[K+].[Na+].[Na+].[Na+].[Na+].[Na+].[Na+].[Na+]. The van der Waals surface area contributed by atoms with Crippen LogP contribution in [0, 0.1) is 0 Å². The maximum absolute atomic E-state index is 9.32. The molecule has 0 saturated heterocycles. The second-order valence-electron chi connectivity index (χ2n) is 1.42. The van der Waals surface area contributed by atoms with Crippen LogP contribution in [0.5, 0.6) is 0 Å². The minimum atomic E-state index is -5.68. The van der Waals surface area contributed by atoms with E-state index < -0.39 is 23.5 Å². The fraction of sp³-hybridized carbons (Fsp3) is 0. The number of hydrogen-bond donors (Lipinski definition) is 0. The Labute approximate surface area is 326 Å². The predicted octanol–water partition coefficient (Wildman–Crippen LogP) is -30.0. The molecule has 0 bridgehead atoms. The maximum Gasteiger partial charge on any atom is 1.00 e. The second kappa shape index (κ2) is 32.2. The maximum atomic E-state index is 9.32. The van der Waals surface area contributed by atoms with Gasteiger partial charge in [0.1, 0.15) is 0 Å². The minimum absolute atomic E-state index is 0. The van der Waals surface area contributed by atoms with Crippen LogP contribution in [-0.4, -0.2) is 0 Å². The van der Waals surface area contributed by atoms with Crippen molar-refractivity contribution in [2.24, 2.45) is 0 Å². The minimum Gasteiger partial charge on any atom is -1.00 e. The van der Waals surface area contributed by atoms with Crippen molar-refractivity contribution in [3.63, 3.8) is 0 Å². The predicted molar refractivity (Wildman–Crippen MR) is 25.0 cm³/mol. The van der Waals surface area contributed by atoms with Crippen LogP contribution >= 0.6 is 23.5 Å². The summed E-state index contributed by atoms with van der Waals surface area (Å²) in [6.45, 7) is 0. The smallest absolute Gasteiger partial charge is 1.00 e. The van der Waals surface area contributed by atoms with Crippen LogP contribution in [0.3, 0.4) is 0 Å². The Hall–Kier alpha value is 9.01. The van der Waals surface area contributed by atoms with Crippen molar-refractivity contribution in [1.82, 2.24) is 0 Å². The first-order valence-corrected chi connectivity index (χ1v) is 6.57. The molecule has 0 aromatic heterocycles. The molecule has 11 nitrogen and oxygen atoms in total. The summed E-state index contributed by atoms with van der Waals surface area (Å²) in [6, 6.07) is 0. The molecule has 0 rings (SSSR count). The molecule has 0 N–H and O–H groups in total.